The van der Waals surface area contributed by atoms with Crippen molar-refractivity contribution in [3.63, 3.8) is 0 Å². The zero-order valence-electron chi connectivity index (χ0n) is 12.4. The van der Waals surface area contributed by atoms with E-state index in [0.717, 1.165) is 18.5 Å². The van der Waals surface area contributed by atoms with Crippen LogP contribution in [0.15, 0.2) is 24.3 Å². The fourth-order valence-corrected chi connectivity index (χ4v) is 2.42. The first kappa shape index (κ1) is 13.9. The van der Waals surface area contributed by atoms with Crippen molar-refractivity contribution < 1.29 is 4.79 Å². The molecule has 1 aliphatic rings. The number of hydrogen-bond acceptors (Lipinski definition) is 1. The Labute approximate surface area is 116 Å². The van der Waals surface area contributed by atoms with Gasteiger partial charge in [-0.1, -0.05) is 39.0 Å². The number of benzene rings is 1. The first-order chi connectivity index (χ1) is 8.88. The molecule has 3 heteroatoms. The van der Waals surface area contributed by atoms with E-state index < -0.39 is 0 Å². The van der Waals surface area contributed by atoms with Crippen molar-refractivity contribution in [3.05, 3.63) is 29.8 Å². The molecule has 0 saturated heterocycles. The Morgan fingerprint density at radius 3 is 2.74 bits per heavy atom. The molecule has 0 aliphatic carbocycles. The number of rotatable bonds is 1. The van der Waals surface area contributed by atoms with E-state index in [4.69, 9.17) is 0 Å². The molecule has 0 saturated carbocycles. The molecule has 1 aromatic rings. The minimum Gasteiger partial charge on any atom is -0.337 e. The molecule has 0 bridgehead atoms. The lowest BCUT2D eigenvalue weighted by atomic mass is 9.96. The average Bonchev–Trinajstić information content (AvgIpc) is 2.35. The number of nitrogens with one attached hydrogen (secondary N) is 1. The van der Waals surface area contributed by atoms with E-state index in [9.17, 15) is 4.79 Å². The SMILES string of the molecule is CC1CCc2ccccc2N1C(=O)NCC(C)(C)C. The Bertz CT molecular complexity index is 462. The highest BCUT2D eigenvalue weighted by atomic mass is 16.2. The van der Waals surface area contributed by atoms with E-state index in [-0.39, 0.29) is 17.5 Å². The van der Waals surface area contributed by atoms with Crippen LogP contribution >= 0.6 is 0 Å². The number of hydrogen-bond donors (Lipinski definition) is 1. The highest BCUT2D eigenvalue weighted by molar-refractivity contribution is 5.93. The summed E-state index contributed by atoms with van der Waals surface area (Å²) in [6, 6.07) is 8.48. The summed E-state index contributed by atoms with van der Waals surface area (Å²) in [5.41, 5.74) is 2.44. The summed E-state index contributed by atoms with van der Waals surface area (Å²) in [6.07, 6.45) is 2.08. The van der Waals surface area contributed by atoms with Crippen LogP contribution in [0.1, 0.15) is 39.7 Å². The van der Waals surface area contributed by atoms with Crippen LogP contribution < -0.4 is 10.2 Å². The number of urea groups is 1. The summed E-state index contributed by atoms with van der Waals surface area (Å²) >= 11 is 0. The summed E-state index contributed by atoms with van der Waals surface area (Å²) in [5, 5.41) is 3.05. The second-order valence-electron chi connectivity index (χ2n) is 6.61. The molecule has 0 aromatic heterocycles. The Kier molecular flexibility index (Phi) is 3.83. The molecule has 0 radical (unpaired) electrons. The number of para-hydroxylation sites is 1. The predicted molar refractivity (Wildman–Crippen MR) is 79.6 cm³/mol. The van der Waals surface area contributed by atoms with Gasteiger partial charge in [0, 0.05) is 18.3 Å². The summed E-state index contributed by atoms with van der Waals surface area (Å²) in [6.45, 7) is 9.19. The van der Waals surface area contributed by atoms with Gasteiger partial charge in [0.2, 0.25) is 0 Å². The molecule has 1 unspecified atom stereocenters. The molecule has 1 aromatic carbocycles. The van der Waals surface area contributed by atoms with Gasteiger partial charge in [0.05, 0.1) is 0 Å². The van der Waals surface area contributed by atoms with Crippen LogP contribution in [0.25, 0.3) is 0 Å². The zero-order valence-corrected chi connectivity index (χ0v) is 12.4. The molecule has 104 valence electrons. The average molecular weight is 260 g/mol. The molecule has 3 nitrogen and oxygen atoms in total. The molecule has 1 aliphatic heterocycles. The van der Waals surface area contributed by atoms with Crippen molar-refractivity contribution in [1.82, 2.24) is 5.32 Å². The van der Waals surface area contributed by atoms with E-state index in [0.29, 0.717) is 6.54 Å². The van der Waals surface area contributed by atoms with Crippen LogP contribution in [0.3, 0.4) is 0 Å². The summed E-state index contributed by atoms with van der Waals surface area (Å²) in [4.78, 5) is 14.3. The van der Waals surface area contributed by atoms with Gasteiger partial charge >= 0.3 is 6.03 Å². The zero-order chi connectivity index (χ0) is 14.0. The smallest absolute Gasteiger partial charge is 0.322 e. The maximum atomic E-state index is 12.4. The summed E-state index contributed by atoms with van der Waals surface area (Å²) in [5.74, 6) is 0. The molecule has 2 amide bonds. The van der Waals surface area contributed by atoms with Gasteiger partial charge in [0.1, 0.15) is 0 Å². The molecular weight excluding hydrogens is 236 g/mol. The van der Waals surface area contributed by atoms with Gasteiger partial charge in [0.25, 0.3) is 0 Å². The van der Waals surface area contributed by atoms with E-state index in [1.54, 1.807) is 0 Å². The fraction of sp³-hybridized carbons (Fsp3) is 0.562. The third-order valence-electron chi connectivity index (χ3n) is 3.51. The third-order valence-corrected chi connectivity index (χ3v) is 3.51. The molecule has 0 spiro atoms. The maximum absolute atomic E-state index is 12.4. The highest BCUT2D eigenvalue weighted by Gasteiger charge is 2.28. The van der Waals surface area contributed by atoms with Crippen LogP contribution in [0, 0.1) is 5.41 Å². The number of carbonyl (C=O) groups is 1. The van der Waals surface area contributed by atoms with Crippen molar-refractivity contribution in [2.45, 2.75) is 46.6 Å². The largest absolute Gasteiger partial charge is 0.337 e. The van der Waals surface area contributed by atoms with Gasteiger partial charge in [-0.3, -0.25) is 4.90 Å². The van der Waals surface area contributed by atoms with Gasteiger partial charge in [-0.05, 0) is 36.8 Å². The van der Waals surface area contributed by atoms with E-state index in [1.165, 1.54) is 5.56 Å². The normalized spacial score (nSPS) is 18.9. The Morgan fingerprint density at radius 1 is 1.37 bits per heavy atom. The first-order valence-corrected chi connectivity index (χ1v) is 7.03. The number of anilines is 1. The van der Waals surface area contributed by atoms with E-state index in [2.05, 4.69) is 39.1 Å². The minimum absolute atomic E-state index is 0.0228. The topological polar surface area (TPSA) is 32.3 Å². The van der Waals surface area contributed by atoms with Crippen LogP contribution in [-0.2, 0) is 6.42 Å². The third kappa shape index (κ3) is 3.28. The molecule has 2 rings (SSSR count). The number of amides is 2. The van der Waals surface area contributed by atoms with Crippen LogP contribution in [-0.4, -0.2) is 18.6 Å². The lowest BCUT2D eigenvalue weighted by molar-refractivity contribution is 0.238. The van der Waals surface area contributed by atoms with Crippen molar-refractivity contribution in [1.29, 1.82) is 0 Å². The van der Waals surface area contributed by atoms with Crippen LogP contribution in [0.5, 0.6) is 0 Å². The molecule has 1 N–H and O–H groups in total. The second kappa shape index (κ2) is 5.24. The molecule has 1 atom stereocenters. The van der Waals surface area contributed by atoms with Crippen LogP contribution in [0.4, 0.5) is 10.5 Å². The van der Waals surface area contributed by atoms with E-state index >= 15 is 0 Å². The Balaban J connectivity index is 2.17. The molecule has 1 heterocycles. The number of nitrogens with zero attached hydrogens (tertiary/aromatic N) is 1. The molecule has 19 heavy (non-hydrogen) atoms. The van der Waals surface area contributed by atoms with Crippen molar-refractivity contribution >= 4 is 11.7 Å². The summed E-state index contributed by atoms with van der Waals surface area (Å²) < 4.78 is 0. The number of fused-ring (bicyclic) bond motifs is 1. The fourth-order valence-electron chi connectivity index (χ4n) is 2.42. The van der Waals surface area contributed by atoms with Gasteiger partial charge < -0.3 is 5.32 Å². The van der Waals surface area contributed by atoms with Crippen molar-refractivity contribution in [2.24, 2.45) is 5.41 Å². The van der Waals surface area contributed by atoms with Crippen molar-refractivity contribution in [2.75, 3.05) is 11.4 Å². The lowest BCUT2D eigenvalue weighted by Crippen LogP contribution is -2.49. The lowest BCUT2D eigenvalue weighted by Gasteiger charge is -2.36. The number of carbonyl (C=O) groups excluding carboxylic acids is 1. The monoisotopic (exact) mass is 260 g/mol. The van der Waals surface area contributed by atoms with Gasteiger partial charge in [-0.2, -0.15) is 0 Å². The molecule has 0 fully saturated rings. The standard InChI is InChI=1S/C16H24N2O/c1-12-9-10-13-7-5-6-8-14(13)18(12)15(19)17-11-16(2,3)4/h5-8,12H,9-11H2,1-4H3,(H,17,19). The number of aryl methyl sites for hydroxylation is 1. The van der Waals surface area contributed by atoms with Crippen molar-refractivity contribution in [3.8, 4) is 0 Å². The summed E-state index contributed by atoms with van der Waals surface area (Å²) in [7, 11) is 0. The predicted octanol–water partition coefficient (Wildman–Crippen LogP) is 3.58. The highest BCUT2D eigenvalue weighted by Crippen LogP contribution is 2.30. The quantitative estimate of drug-likeness (QED) is 0.822. The Hall–Kier alpha value is -1.51. The molecular formula is C16H24N2O. The van der Waals surface area contributed by atoms with Gasteiger partial charge in [0.15, 0.2) is 0 Å². The van der Waals surface area contributed by atoms with Crippen LogP contribution in [0.2, 0.25) is 0 Å². The Morgan fingerprint density at radius 2 is 2.05 bits per heavy atom. The second-order valence-corrected chi connectivity index (χ2v) is 6.61. The van der Waals surface area contributed by atoms with Gasteiger partial charge in [-0.25, -0.2) is 4.79 Å². The minimum atomic E-state index is 0.0228. The van der Waals surface area contributed by atoms with E-state index in [1.807, 2.05) is 23.1 Å². The maximum Gasteiger partial charge on any atom is 0.322 e. The van der Waals surface area contributed by atoms with Gasteiger partial charge in [-0.15, -0.1) is 0 Å². The first-order valence-electron chi connectivity index (χ1n) is 7.03.